The van der Waals surface area contributed by atoms with Crippen molar-refractivity contribution in [2.75, 3.05) is 0 Å². The summed E-state index contributed by atoms with van der Waals surface area (Å²) in [6.07, 6.45) is 0. The monoisotopic (exact) mass is 219 g/mol. The molecule has 2 aromatic rings. The molecule has 0 bridgehead atoms. The first-order chi connectivity index (χ1) is 6.98. The molecule has 3 nitrogen and oxygen atoms in total. The zero-order chi connectivity index (χ0) is 11.1. The number of aromatic nitrogens is 3. The smallest absolute Gasteiger partial charge is 0.217 e. The van der Waals surface area contributed by atoms with Gasteiger partial charge in [0.2, 0.25) is 4.77 Å². The summed E-state index contributed by atoms with van der Waals surface area (Å²) in [5.41, 5.74) is 1.60. The van der Waals surface area contributed by atoms with Gasteiger partial charge in [0.05, 0.1) is 11.1 Å². The highest BCUT2D eigenvalue weighted by atomic mass is 32.1. The van der Waals surface area contributed by atoms with E-state index in [1.54, 1.807) is 4.68 Å². The van der Waals surface area contributed by atoms with Gasteiger partial charge in [-0.3, -0.25) is 0 Å². The summed E-state index contributed by atoms with van der Waals surface area (Å²) in [7, 11) is 0. The average Bonchev–Trinajstić information content (AvgIpc) is 2.15. The lowest BCUT2D eigenvalue weighted by Crippen LogP contribution is -2.26. The Hall–Kier alpha value is -1.29. The second kappa shape index (κ2) is 3.38. The molecule has 0 unspecified atom stereocenters. The molecule has 0 fully saturated rings. The molecule has 0 spiro atoms. The molecule has 0 amide bonds. The van der Waals surface area contributed by atoms with Gasteiger partial charge in [0, 0.05) is 0 Å². The Morgan fingerprint density at radius 3 is 2.33 bits per heavy atom. The Balaban J connectivity index is 2.79. The van der Waals surface area contributed by atoms with Gasteiger partial charge in [0.1, 0.15) is 5.52 Å². The first-order valence-electron chi connectivity index (χ1n) is 4.85. The minimum Gasteiger partial charge on any atom is -0.232 e. The van der Waals surface area contributed by atoms with Gasteiger partial charge in [0.25, 0.3) is 0 Å². The fraction of sp³-hybridized carbons (Fsp3) is 0.364. The molecule has 0 N–H and O–H groups in total. The second-order valence-electron chi connectivity index (χ2n) is 4.47. The number of benzene rings is 1. The first-order valence-corrected chi connectivity index (χ1v) is 5.26. The predicted molar refractivity (Wildman–Crippen MR) is 63.4 cm³/mol. The van der Waals surface area contributed by atoms with E-state index in [0.717, 1.165) is 11.0 Å². The molecule has 15 heavy (non-hydrogen) atoms. The number of rotatable bonds is 0. The van der Waals surface area contributed by atoms with E-state index in [9.17, 15) is 0 Å². The lowest BCUT2D eigenvalue weighted by Gasteiger charge is -2.21. The van der Waals surface area contributed by atoms with Gasteiger partial charge in [-0.2, -0.15) is 5.10 Å². The molecule has 0 aliphatic carbocycles. The maximum Gasteiger partial charge on any atom is 0.217 e. The van der Waals surface area contributed by atoms with Crippen molar-refractivity contribution >= 4 is 23.3 Å². The molecule has 4 heteroatoms. The zero-order valence-corrected chi connectivity index (χ0v) is 9.88. The van der Waals surface area contributed by atoms with Crippen LogP contribution in [0, 0.1) is 4.77 Å². The highest BCUT2D eigenvalue weighted by molar-refractivity contribution is 7.71. The predicted octanol–water partition coefficient (Wildman–Crippen LogP) is 2.92. The molecule has 2 rings (SSSR count). The normalized spacial score (nSPS) is 11.9. The van der Waals surface area contributed by atoms with Crippen LogP contribution < -0.4 is 0 Å². The van der Waals surface area contributed by atoms with Crippen LogP contribution in [0.5, 0.6) is 0 Å². The standard InChI is InChI=1S/C11H13N3S/c1-11(2,3)14-10(15)12-8-6-4-5-7-9(8)13-14/h4-7H,1-3H3. The van der Waals surface area contributed by atoms with Crippen LogP contribution in [0.1, 0.15) is 20.8 Å². The number of fused-ring (bicyclic) bond motifs is 1. The Kier molecular flexibility index (Phi) is 2.31. The highest BCUT2D eigenvalue weighted by Crippen LogP contribution is 2.15. The SMILES string of the molecule is CC(C)(C)n1nc2ccccc2nc1=S. The van der Waals surface area contributed by atoms with E-state index in [1.807, 2.05) is 24.3 Å². The molecule has 0 aliphatic rings. The molecule has 1 aromatic heterocycles. The van der Waals surface area contributed by atoms with E-state index < -0.39 is 0 Å². The topological polar surface area (TPSA) is 30.7 Å². The van der Waals surface area contributed by atoms with Crippen molar-refractivity contribution in [3.8, 4) is 0 Å². The van der Waals surface area contributed by atoms with Crippen LogP contribution in [-0.2, 0) is 5.54 Å². The third kappa shape index (κ3) is 1.90. The molecule has 0 radical (unpaired) electrons. The van der Waals surface area contributed by atoms with Crippen molar-refractivity contribution in [1.82, 2.24) is 14.8 Å². The van der Waals surface area contributed by atoms with E-state index >= 15 is 0 Å². The Labute approximate surface area is 93.8 Å². The Morgan fingerprint density at radius 2 is 1.73 bits per heavy atom. The third-order valence-electron chi connectivity index (χ3n) is 2.12. The average molecular weight is 219 g/mol. The van der Waals surface area contributed by atoms with Crippen LogP contribution in [0.25, 0.3) is 11.0 Å². The number of para-hydroxylation sites is 1. The third-order valence-corrected chi connectivity index (χ3v) is 2.39. The summed E-state index contributed by atoms with van der Waals surface area (Å²) < 4.78 is 2.31. The Morgan fingerprint density at radius 1 is 1.13 bits per heavy atom. The summed E-state index contributed by atoms with van der Waals surface area (Å²) in [6.45, 7) is 6.19. The van der Waals surface area contributed by atoms with E-state index in [2.05, 4.69) is 30.9 Å². The van der Waals surface area contributed by atoms with Gasteiger partial charge in [-0.05, 0) is 45.1 Å². The molecule has 1 aromatic carbocycles. The van der Waals surface area contributed by atoms with Gasteiger partial charge in [-0.1, -0.05) is 12.1 Å². The lowest BCUT2D eigenvalue weighted by molar-refractivity contribution is 0.343. The summed E-state index contributed by atoms with van der Waals surface area (Å²) in [5.74, 6) is 0. The highest BCUT2D eigenvalue weighted by Gasteiger charge is 2.15. The molecule has 1 heterocycles. The van der Waals surface area contributed by atoms with Crippen LogP contribution in [0.4, 0.5) is 0 Å². The van der Waals surface area contributed by atoms with E-state index in [1.165, 1.54) is 0 Å². The fourth-order valence-electron chi connectivity index (χ4n) is 1.38. The van der Waals surface area contributed by atoms with Gasteiger partial charge in [-0.15, -0.1) is 0 Å². The summed E-state index contributed by atoms with van der Waals surface area (Å²) in [5, 5.41) is 4.50. The lowest BCUT2D eigenvalue weighted by atomic mass is 10.1. The van der Waals surface area contributed by atoms with Crippen LogP contribution in [-0.4, -0.2) is 14.8 Å². The van der Waals surface area contributed by atoms with Gasteiger partial charge >= 0.3 is 0 Å². The maximum absolute atomic E-state index is 5.22. The number of hydrogen-bond donors (Lipinski definition) is 0. The minimum atomic E-state index is -0.131. The van der Waals surface area contributed by atoms with Gasteiger partial charge < -0.3 is 0 Å². The fourth-order valence-corrected chi connectivity index (χ4v) is 1.79. The largest absolute Gasteiger partial charge is 0.232 e. The van der Waals surface area contributed by atoms with Gasteiger partial charge in [0.15, 0.2) is 0 Å². The van der Waals surface area contributed by atoms with E-state index in [4.69, 9.17) is 12.2 Å². The number of nitrogens with zero attached hydrogens (tertiary/aromatic N) is 3. The van der Waals surface area contributed by atoms with E-state index in [-0.39, 0.29) is 5.54 Å². The summed E-state index contributed by atoms with van der Waals surface area (Å²) in [4.78, 5) is 4.36. The summed E-state index contributed by atoms with van der Waals surface area (Å²) >= 11 is 5.22. The molecule has 0 saturated carbocycles. The van der Waals surface area contributed by atoms with Crippen molar-refractivity contribution in [3.63, 3.8) is 0 Å². The van der Waals surface area contributed by atoms with Crippen LogP contribution in [0.2, 0.25) is 0 Å². The molecule has 0 atom stereocenters. The molecular formula is C11H13N3S. The minimum absolute atomic E-state index is 0.131. The summed E-state index contributed by atoms with van der Waals surface area (Å²) in [6, 6.07) is 7.75. The molecule has 0 saturated heterocycles. The van der Waals surface area contributed by atoms with Crippen molar-refractivity contribution in [2.45, 2.75) is 26.3 Å². The van der Waals surface area contributed by atoms with E-state index in [0.29, 0.717) is 4.77 Å². The second-order valence-corrected chi connectivity index (χ2v) is 4.83. The van der Waals surface area contributed by atoms with Gasteiger partial charge in [-0.25, -0.2) is 9.67 Å². The number of hydrogen-bond acceptors (Lipinski definition) is 3. The van der Waals surface area contributed by atoms with Crippen molar-refractivity contribution in [1.29, 1.82) is 0 Å². The molecule has 0 aliphatic heterocycles. The maximum atomic E-state index is 5.22. The first kappa shape index (κ1) is 10.2. The van der Waals surface area contributed by atoms with Crippen LogP contribution >= 0.6 is 12.2 Å². The van der Waals surface area contributed by atoms with Crippen molar-refractivity contribution in [2.24, 2.45) is 0 Å². The zero-order valence-electron chi connectivity index (χ0n) is 9.06. The van der Waals surface area contributed by atoms with Crippen LogP contribution in [0.3, 0.4) is 0 Å². The molecule has 78 valence electrons. The van der Waals surface area contributed by atoms with Crippen molar-refractivity contribution in [3.05, 3.63) is 29.0 Å². The molecular weight excluding hydrogens is 206 g/mol. The van der Waals surface area contributed by atoms with Crippen LogP contribution in [0.15, 0.2) is 24.3 Å². The Bertz CT molecular complexity index is 551. The quantitative estimate of drug-likeness (QED) is 0.638. The van der Waals surface area contributed by atoms with Crippen molar-refractivity contribution < 1.29 is 0 Å².